The lowest BCUT2D eigenvalue weighted by Crippen LogP contribution is -2.43. The molecule has 590 valence electrons. The molecule has 0 rings (SSSR count). The predicted molar refractivity (Wildman–Crippen MR) is 380 cm³/mol. The fourth-order valence-corrected chi connectivity index (χ4v) is 10.8. The first-order chi connectivity index (χ1) is 47.2. The summed E-state index contributed by atoms with van der Waals surface area (Å²) in [7, 11) is 2.09. The van der Waals surface area contributed by atoms with Gasteiger partial charge >= 0.3 is 0 Å². The molecule has 0 radical (unpaired) electrons. The number of nitrogens with zero attached hydrogens (tertiary/aromatic N) is 13. The number of aliphatic hydroxyl groups excluding tert-OH is 20. The lowest BCUT2D eigenvalue weighted by atomic mass is 10.3. The number of rotatable bonds is 72. The van der Waals surface area contributed by atoms with Crippen LogP contribution in [0.2, 0.25) is 0 Å². The van der Waals surface area contributed by atoms with Crippen LogP contribution in [0.4, 0.5) is 0 Å². The molecule has 20 N–H and O–H groups in total. The summed E-state index contributed by atoms with van der Waals surface area (Å²) in [5.41, 5.74) is 0. The van der Waals surface area contributed by atoms with Crippen molar-refractivity contribution in [3.05, 3.63) is 0 Å². The van der Waals surface area contributed by atoms with Gasteiger partial charge in [0.25, 0.3) is 0 Å². The molecule has 0 unspecified atom stereocenters. The smallest absolute Gasteiger partial charge is 0.0558 e. The molecule has 0 aromatic carbocycles. The van der Waals surface area contributed by atoms with Gasteiger partial charge in [-0.25, -0.2) is 0 Å². The Kier molecular flexibility index (Phi) is 86.2. The van der Waals surface area contributed by atoms with E-state index in [-0.39, 0.29) is 132 Å². The van der Waals surface area contributed by atoms with Crippen LogP contribution in [0.15, 0.2) is 0 Å². The molecule has 0 aliphatic rings. The summed E-state index contributed by atoms with van der Waals surface area (Å²) in [4.78, 5) is 27.1. The van der Waals surface area contributed by atoms with E-state index in [0.717, 1.165) is 137 Å². The Balaban J connectivity index is -0.000000600. The zero-order valence-corrected chi connectivity index (χ0v) is 60.3. The van der Waals surface area contributed by atoms with Crippen LogP contribution in [0.3, 0.4) is 0 Å². The first-order valence-corrected chi connectivity index (χ1v) is 35.8. The van der Waals surface area contributed by atoms with Crippen LogP contribution >= 0.6 is 0 Å². The van der Waals surface area contributed by atoms with Gasteiger partial charge in [-0.05, 0) is 105 Å². The number of aliphatic hydroxyl groups is 20. The van der Waals surface area contributed by atoms with Gasteiger partial charge in [-0.3, -0.25) is 58.8 Å². The Morgan fingerprint density at radius 1 is 0.113 bits per heavy atom. The van der Waals surface area contributed by atoms with Crippen molar-refractivity contribution in [3.8, 4) is 0 Å². The highest BCUT2D eigenvalue weighted by Gasteiger charge is 2.16. The summed E-state index contributed by atoms with van der Waals surface area (Å²) in [5.74, 6) is 0. The van der Waals surface area contributed by atoms with Gasteiger partial charge in [-0.15, -0.1) is 0 Å². The second-order valence-electron chi connectivity index (χ2n) is 23.6. The monoisotopic (exact) mass is 1420 g/mol. The lowest BCUT2D eigenvalue weighted by molar-refractivity contribution is 0.114. The maximum absolute atomic E-state index is 9.37. The third kappa shape index (κ3) is 68.9. The van der Waals surface area contributed by atoms with E-state index in [4.69, 9.17) is 86.8 Å². The summed E-state index contributed by atoms with van der Waals surface area (Å²) in [5, 5.41) is 181. The highest BCUT2D eigenvalue weighted by molar-refractivity contribution is 4.71. The zero-order chi connectivity index (χ0) is 73.1. The molecule has 0 heterocycles. The van der Waals surface area contributed by atoms with Crippen LogP contribution in [-0.2, 0) is 0 Å². The van der Waals surface area contributed by atoms with Gasteiger partial charge in [-0.2, -0.15) is 0 Å². The summed E-state index contributed by atoms with van der Waals surface area (Å²) < 4.78 is 0. The van der Waals surface area contributed by atoms with Gasteiger partial charge in [0.1, 0.15) is 0 Å². The summed E-state index contributed by atoms with van der Waals surface area (Å²) in [6, 6.07) is 0. The third-order valence-corrected chi connectivity index (χ3v) is 16.1. The average molecular weight is 1420 g/mol. The molecule has 0 saturated carbocycles. The van der Waals surface area contributed by atoms with Crippen molar-refractivity contribution < 1.29 is 102 Å². The second kappa shape index (κ2) is 82.0. The van der Waals surface area contributed by atoms with Crippen molar-refractivity contribution in [3.63, 3.8) is 0 Å². The van der Waals surface area contributed by atoms with Crippen LogP contribution < -0.4 is 0 Å². The Morgan fingerprint density at radius 3 is 0.309 bits per heavy atom. The van der Waals surface area contributed by atoms with E-state index < -0.39 is 0 Å². The van der Waals surface area contributed by atoms with E-state index in [2.05, 4.69) is 41.3 Å². The zero-order valence-electron chi connectivity index (χ0n) is 60.3. The molecular formula is C64H149N13O20. The first kappa shape index (κ1) is 102. The fourth-order valence-electron chi connectivity index (χ4n) is 10.8. The van der Waals surface area contributed by atoms with Crippen molar-refractivity contribution in [2.75, 3.05) is 388 Å². The molecular weight excluding hydrogens is 1270 g/mol. The van der Waals surface area contributed by atoms with Crippen molar-refractivity contribution in [1.82, 2.24) is 63.7 Å². The molecule has 33 heteroatoms. The second-order valence-corrected chi connectivity index (χ2v) is 23.6. The highest BCUT2D eigenvalue weighted by Crippen LogP contribution is 2.03. The van der Waals surface area contributed by atoms with E-state index >= 15 is 0 Å². The molecule has 0 saturated heterocycles. The van der Waals surface area contributed by atoms with Crippen LogP contribution in [0, 0.1) is 0 Å². The molecule has 0 spiro atoms. The molecule has 0 aliphatic heterocycles. The standard InChI is InChI=1S/C20H46N4O6.C15H35N3O5.C15H35N3O4.C14H33N3O5/c25-15-9-21(3-1-5-23(11-17-27)12-18-28)7-8-22(10-16-26)4-2-6-24(13-19-29)14-20-30;19-11-6-16(4-5-18(9-14-22)10-15-23)2-1-3-17(7-12-20)8-13-21;1-16(4-2-6-17(8-12-19)9-13-20)5-3-7-18(10-14-21)11-15-22;18-10-5-15(1-3-16(6-11-19)7-12-20)2-4-17(8-13-21)9-14-22/h25-30H,1-20H2;19-23H,1-15H2;19-22H,2-15H2,1H3;18-22H,1-14H2. The van der Waals surface area contributed by atoms with Crippen molar-refractivity contribution in [2.24, 2.45) is 0 Å². The molecule has 0 amide bonds. The van der Waals surface area contributed by atoms with E-state index in [1.165, 1.54) is 0 Å². The molecule has 0 atom stereocenters. The topological polar surface area (TPSA) is 447 Å². The Labute approximate surface area is 584 Å². The van der Waals surface area contributed by atoms with Crippen LogP contribution in [0.25, 0.3) is 0 Å². The lowest BCUT2D eigenvalue weighted by Gasteiger charge is -2.29. The quantitative estimate of drug-likeness (QED) is 0.0269. The van der Waals surface area contributed by atoms with Gasteiger partial charge < -0.3 is 107 Å². The molecule has 97 heavy (non-hydrogen) atoms. The molecule has 0 bridgehead atoms. The minimum Gasteiger partial charge on any atom is -0.395 e. The van der Waals surface area contributed by atoms with Crippen LogP contribution in [0.1, 0.15) is 32.1 Å². The van der Waals surface area contributed by atoms with Gasteiger partial charge in [-0.1, -0.05) is 0 Å². The minimum atomic E-state index is 0.0563. The normalized spacial score (nSPS) is 12.1. The molecule has 0 aliphatic carbocycles. The highest BCUT2D eigenvalue weighted by atomic mass is 16.3. The Hall–Kier alpha value is -1.32. The molecule has 0 fully saturated rings. The van der Waals surface area contributed by atoms with Gasteiger partial charge in [0.2, 0.25) is 0 Å². The van der Waals surface area contributed by atoms with Crippen LogP contribution in [-0.4, -0.2) is 554 Å². The predicted octanol–water partition coefficient (Wildman–Crippen LogP) is -10.7. The summed E-state index contributed by atoms with van der Waals surface area (Å²) >= 11 is 0. The van der Waals surface area contributed by atoms with Gasteiger partial charge in [0.05, 0.1) is 132 Å². The molecule has 0 aromatic rings. The third-order valence-electron chi connectivity index (χ3n) is 16.1. The maximum atomic E-state index is 9.37. The summed E-state index contributed by atoms with van der Waals surface area (Å²) in [6.07, 6.45) is 4.68. The maximum Gasteiger partial charge on any atom is 0.0558 e. The SMILES string of the molecule is CN(CCCN(CCO)CCO)CCCN(CCO)CCO.OCCN(CCO)CCCN(CCO)CCN(CCO)CCCN(CCO)CCO.OCCN(CCO)CCCN(CCO)CCN(CCO)CCO.OCCN(CCO)CCN(CCO)CCN(CCO)CCO. The van der Waals surface area contributed by atoms with Crippen molar-refractivity contribution >= 4 is 0 Å². The number of hydrogen-bond donors (Lipinski definition) is 20. The number of hydrogen-bond acceptors (Lipinski definition) is 33. The van der Waals surface area contributed by atoms with E-state index in [1.54, 1.807) is 0 Å². The average Bonchev–Trinajstić information content (AvgIpc) is 3.09. The largest absolute Gasteiger partial charge is 0.395 e. The molecule has 33 nitrogen and oxygen atoms in total. The Bertz CT molecular complexity index is 1360. The van der Waals surface area contributed by atoms with E-state index in [1.807, 2.05) is 29.4 Å². The van der Waals surface area contributed by atoms with E-state index in [9.17, 15) is 15.3 Å². The van der Waals surface area contributed by atoms with Gasteiger partial charge in [0, 0.05) is 183 Å². The van der Waals surface area contributed by atoms with Gasteiger partial charge in [0.15, 0.2) is 0 Å². The van der Waals surface area contributed by atoms with Crippen molar-refractivity contribution in [1.29, 1.82) is 0 Å². The minimum absolute atomic E-state index is 0.0563. The van der Waals surface area contributed by atoms with E-state index in [0.29, 0.717) is 144 Å². The van der Waals surface area contributed by atoms with Crippen molar-refractivity contribution in [2.45, 2.75) is 32.1 Å². The summed E-state index contributed by atoms with van der Waals surface area (Å²) in [6.45, 7) is 27.4. The Morgan fingerprint density at radius 2 is 0.196 bits per heavy atom. The molecule has 0 aromatic heterocycles. The fraction of sp³-hybridized carbons (Fsp3) is 1.00. The first-order valence-electron chi connectivity index (χ1n) is 35.8. The van der Waals surface area contributed by atoms with Crippen LogP contribution in [0.5, 0.6) is 0 Å².